The zero-order chi connectivity index (χ0) is 20.7. The zero-order valence-electron chi connectivity index (χ0n) is 17.2. The van der Waals surface area contributed by atoms with E-state index in [1.807, 2.05) is 30.3 Å². The molecule has 1 saturated carbocycles. The maximum absolute atomic E-state index is 12.8. The SMILES string of the molecule is O=C(O[C@@H]1C[C@H]2C[C@@H]1[C@H]1CCCCN1C2=O)N1CCN(C(=O)c2ccccc2)CC1. The largest absolute Gasteiger partial charge is 0.446 e. The fourth-order valence-electron chi connectivity index (χ4n) is 5.74. The molecule has 0 radical (unpaired) electrons. The molecule has 1 aromatic carbocycles. The smallest absolute Gasteiger partial charge is 0.410 e. The molecule has 4 fully saturated rings. The fraction of sp³-hybridized carbons (Fsp3) is 0.609. The standard InChI is InChI=1S/C23H29N3O4/c27-21(16-6-2-1-3-7-16)24-10-12-25(13-11-24)23(29)30-20-15-17-14-18(20)19-8-4-5-9-26(19)22(17)28/h1-3,6-7,17-20H,4-5,8-15H2/t17-,18-,19-,20-/m1/s1. The van der Waals surface area contributed by atoms with Crippen LogP contribution in [0.5, 0.6) is 0 Å². The van der Waals surface area contributed by atoms with Crippen molar-refractivity contribution < 1.29 is 19.1 Å². The van der Waals surface area contributed by atoms with E-state index in [-0.39, 0.29) is 41.9 Å². The number of piperidine rings is 2. The first kappa shape index (κ1) is 19.4. The summed E-state index contributed by atoms with van der Waals surface area (Å²) < 4.78 is 5.95. The molecule has 3 heterocycles. The lowest BCUT2D eigenvalue weighted by Crippen LogP contribution is -2.53. The Morgan fingerprint density at radius 3 is 2.40 bits per heavy atom. The van der Waals surface area contributed by atoms with Gasteiger partial charge in [-0.05, 0) is 44.2 Å². The minimum absolute atomic E-state index is 0.00381. The number of amides is 3. The molecule has 1 aromatic rings. The molecule has 30 heavy (non-hydrogen) atoms. The van der Waals surface area contributed by atoms with Crippen molar-refractivity contribution in [3.05, 3.63) is 35.9 Å². The van der Waals surface area contributed by atoms with Gasteiger partial charge in [-0.3, -0.25) is 9.59 Å². The summed E-state index contributed by atoms with van der Waals surface area (Å²) in [6, 6.07) is 9.48. The molecule has 0 unspecified atom stereocenters. The molecule has 5 rings (SSSR count). The maximum atomic E-state index is 12.8. The third-order valence-corrected chi connectivity index (χ3v) is 7.32. The van der Waals surface area contributed by atoms with E-state index >= 15 is 0 Å². The minimum atomic E-state index is -0.297. The molecule has 3 aliphatic heterocycles. The van der Waals surface area contributed by atoms with Gasteiger partial charge in [0, 0.05) is 56.2 Å². The second-order valence-corrected chi connectivity index (χ2v) is 8.99. The first-order valence-corrected chi connectivity index (χ1v) is 11.2. The highest BCUT2D eigenvalue weighted by molar-refractivity contribution is 5.94. The number of carbonyl (C=O) groups excluding carboxylic acids is 3. The third kappa shape index (κ3) is 3.44. The molecular formula is C23H29N3O4. The van der Waals surface area contributed by atoms with Gasteiger partial charge in [-0.25, -0.2) is 4.79 Å². The molecule has 7 heteroatoms. The van der Waals surface area contributed by atoms with Crippen molar-refractivity contribution in [2.24, 2.45) is 11.8 Å². The molecule has 0 N–H and O–H groups in total. The minimum Gasteiger partial charge on any atom is -0.446 e. The van der Waals surface area contributed by atoms with Gasteiger partial charge in [-0.2, -0.15) is 0 Å². The molecule has 2 bridgehead atoms. The van der Waals surface area contributed by atoms with Crippen molar-refractivity contribution in [2.45, 2.75) is 44.2 Å². The summed E-state index contributed by atoms with van der Waals surface area (Å²) >= 11 is 0. The number of rotatable bonds is 2. The van der Waals surface area contributed by atoms with Crippen LogP contribution >= 0.6 is 0 Å². The Balaban J connectivity index is 1.17. The van der Waals surface area contributed by atoms with E-state index in [1.165, 1.54) is 0 Å². The lowest BCUT2D eigenvalue weighted by atomic mass is 9.84. The summed E-state index contributed by atoms with van der Waals surface area (Å²) in [7, 11) is 0. The van der Waals surface area contributed by atoms with Gasteiger partial charge in [0.15, 0.2) is 0 Å². The van der Waals surface area contributed by atoms with E-state index in [0.29, 0.717) is 38.2 Å². The molecule has 4 atom stereocenters. The number of ether oxygens (including phenoxy) is 1. The highest BCUT2D eigenvalue weighted by Crippen LogP contribution is 2.45. The van der Waals surface area contributed by atoms with Gasteiger partial charge in [0.05, 0.1) is 0 Å². The van der Waals surface area contributed by atoms with E-state index in [4.69, 9.17) is 4.74 Å². The average molecular weight is 412 g/mol. The maximum Gasteiger partial charge on any atom is 0.410 e. The summed E-state index contributed by atoms with van der Waals surface area (Å²) in [5.74, 6) is 0.562. The van der Waals surface area contributed by atoms with Crippen molar-refractivity contribution in [1.82, 2.24) is 14.7 Å². The van der Waals surface area contributed by atoms with E-state index in [1.54, 1.807) is 9.80 Å². The van der Waals surface area contributed by atoms with Crippen LogP contribution in [0.3, 0.4) is 0 Å². The number of carbonyl (C=O) groups is 3. The molecule has 0 aromatic heterocycles. The monoisotopic (exact) mass is 411 g/mol. The van der Waals surface area contributed by atoms with Gasteiger partial charge in [-0.1, -0.05) is 18.2 Å². The number of hydrogen-bond donors (Lipinski definition) is 0. The quantitative estimate of drug-likeness (QED) is 0.749. The Labute approximate surface area is 176 Å². The van der Waals surface area contributed by atoms with Crippen LogP contribution in [0.1, 0.15) is 42.5 Å². The zero-order valence-corrected chi connectivity index (χ0v) is 17.2. The number of piperazine rings is 1. The van der Waals surface area contributed by atoms with Gasteiger partial charge in [0.1, 0.15) is 6.10 Å². The third-order valence-electron chi connectivity index (χ3n) is 7.32. The van der Waals surface area contributed by atoms with Gasteiger partial charge >= 0.3 is 6.09 Å². The molecule has 4 aliphatic rings. The van der Waals surface area contributed by atoms with Crippen LogP contribution in [0.2, 0.25) is 0 Å². The molecular weight excluding hydrogens is 382 g/mol. The van der Waals surface area contributed by atoms with Gasteiger partial charge in [0.25, 0.3) is 5.91 Å². The normalized spacial score (nSPS) is 30.8. The summed E-state index contributed by atoms with van der Waals surface area (Å²) in [6.45, 7) is 2.83. The van der Waals surface area contributed by atoms with Crippen molar-refractivity contribution in [1.29, 1.82) is 0 Å². The predicted octanol–water partition coefficient (Wildman–Crippen LogP) is 2.37. The van der Waals surface area contributed by atoms with Crippen molar-refractivity contribution in [3.63, 3.8) is 0 Å². The van der Waals surface area contributed by atoms with Crippen LogP contribution in [0.15, 0.2) is 30.3 Å². The predicted molar refractivity (Wildman–Crippen MR) is 110 cm³/mol. The molecule has 160 valence electrons. The first-order chi connectivity index (χ1) is 14.6. The first-order valence-electron chi connectivity index (χ1n) is 11.2. The summed E-state index contributed by atoms with van der Waals surface area (Å²) in [6.07, 6.45) is 4.31. The van der Waals surface area contributed by atoms with Gasteiger partial charge in [-0.15, -0.1) is 0 Å². The van der Waals surface area contributed by atoms with Crippen LogP contribution in [0.25, 0.3) is 0 Å². The van der Waals surface area contributed by atoms with Crippen molar-refractivity contribution in [2.75, 3.05) is 32.7 Å². The Bertz CT molecular complexity index is 821. The Morgan fingerprint density at radius 1 is 0.900 bits per heavy atom. The number of hydrogen-bond acceptors (Lipinski definition) is 4. The Morgan fingerprint density at radius 2 is 1.63 bits per heavy atom. The lowest BCUT2D eigenvalue weighted by molar-refractivity contribution is -0.143. The average Bonchev–Trinajstić information content (AvgIpc) is 3.18. The topological polar surface area (TPSA) is 70.2 Å². The molecule has 0 spiro atoms. The van der Waals surface area contributed by atoms with E-state index in [9.17, 15) is 14.4 Å². The highest BCUT2D eigenvalue weighted by atomic mass is 16.6. The number of nitrogens with zero attached hydrogens (tertiary/aromatic N) is 3. The lowest BCUT2D eigenvalue weighted by Gasteiger charge is -2.44. The van der Waals surface area contributed by atoms with E-state index < -0.39 is 0 Å². The van der Waals surface area contributed by atoms with Crippen LogP contribution in [0.4, 0.5) is 4.79 Å². The fourth-order valence-corrected chi connectivity index (χ4v) is 5.74. The molecule has 7 nitrogen and oxygen atoms in total. The summed E-state index contributed by atoms with van der Waals surface area (Å²) in [5, 5.41) is 0. The molecule has 3 amide bonds. The van der Waals surface area contributed by atoms with E-state index in [2.05, 4.69) is 4.90 Å². The van der Waals surface area contributed by atoms with Crippen LogP contribution in [-0.2, 0) is 9.53 Å². The van der Waals surface area contributed by atoms with Crippen LogP contribution < -0.4 is 0 Å². The van der Waals surface area contributed by atoms with Crippen LogP contribution in [-0.4, -0.2) is 77.5 Å². The summed E-state index contributed by atoms with van der Waals surface area (Å²) in [4.78, 5) is 43.7. The molecule has 1 aliphatic carbocycles. The van der Waals surface area contributed by atoms with Crippen LogP contribution in [0, 0.1) is 11.8 Å². The van der Waals surface area contributed by atoms with Gasteiger partial charge in [0.2, 0.25) is 5.91 Å². The second-order valence-electron chi connectivity index (χ2n) is 8.99. The molecule has 3 saturated heterocycles. The second kappa shape index (κ2) is 7.93. The number of fused-ring (bicyclic) bond motifs is 4. The summed E-state index contributed by atoms with van der Waals surface area (Å²) in [5.41, 5.74) is 0.675. The van der Waals surface area contributed by atoms with Gasteiger partial charge < -0.3 is 19.4 Å². The number of benzene rings is 1. The highest BCUT2D eigenvalue weighted by Gasteiger charge is 2.52. The van der Waals surface area contributed by atoms with E-state index in [0.717, 1.165) is 32.2 Å². The Hall–Kier alpha value is -2.57. The van der Waals surface area contributed by atoms with Crippen molar-refractivity contribution in [3.8, 4) is 0 Å². The Kier molecular flexibility index (Phi) is 5.13. The van der Waals surface area contributed by atoms with Crippen molar-refractivity contribution >= 4 is 17.9 Å².